The third kappa shape index (κ3) is 3.93. The Hall–Kier alpha value is -2.71. The van der Waals surface area contributed by atoms with Gasteiger partial charge < -0.3 is 15.3 Å². The van der Waals surface area contributed by atoms with Gasteiger partial charge in [0.25, 0.3) is 0 Å². The zero-order valence-electron chi connectivity index (χ0n) is 16.5. The quantitative estimate of drug-likeness (QED) is 0.668. The van der Waals surface area contributed by atoms with Gasteiger partial charge >= 0.3 is 0 Å². The molecule has 1 aliphatic rings. The number of aromatic nitrogens is 4. The number of nitrogens with zero attached hydrogens (tertiary/aromatic N) is 6. The number of nitrogens with one attached hydrogen (secondary N) is 1. The van der Waals surface area contributed by atoms with Crippen LogP contribution < -0.4 is 10.2 Å². The van der Waals surface area contributed by atoms with Gasteiger partial charge in [0.15, 0.2) is 5.65 Å². The van der Waals surface area contributed by atoms with Gasteiger partial charge in [-0.05, 0) is 12.5 Å². The first-order chi connectivity index (χ1) is 13.6. The average molecular weight is 381 g/mol. The lowest BCUT2D eigenvalue weighted by Gasteiger charge is -2.34. The Morgan fingerprint density at radius 2 is 1.82 bits per heavy atom. The summed E-state index contributed by atoms with van der Waals surface area (Å²) in [5.74, 6) is 1.54. The number of hydrogen-bond acceptors (Lipinski definition) is 7. The molecule has 2 N–H and O–H groups in total. The number of aliphatic hydroxyl groups excluding tert-OH is 1. The molecular formula is C20H27N7O. The number of aryl methyl sites for hydroxylation is 2. The summed E-state index contributed by atoms with van der Waals surface area (Å²) in [5, 5.41) is 17.9. The second kappa shape index (κ2) is 8.12. The summed E-state index contributed by atoms with van der Waals surface area (Å²) in [6.07, 6.45) is 1.82. The Kier molecular flexibility index (Phi) is 5.40. The van der Waals surface area contributed by atoms with Crippen molar-refractivity contribution in [2.75, 3.05) is 49.5 Å². The Labute approximate surface area is 164 Å². The lowest BCUT2D eigenvalue weighted by atomic mass is 10.1. The third-order valence-corrected chi connectivity index (χ3v) is 5.23. The summed E-state index contributed by atoms with van der Waals surface area (Å²) < 4.78 is 1.79. The lowest BCUT2D eigenvalue weighted by Crippen LogP contribution is -2.47. The van der Waals surface area contributed by atoms with E-state index in [0.717, 1.165) is 55.5 Å². The van der Waals surface area contributed by atoms with E-state index >= 15 is 0 Å². The molecule has 1 aliphatic heterocycles. The molecule has 0 saturated carbocycles. The van der Waals surface area contributed by atoms with Crippen molar-refractivity contribution >= 4 is 22.8 Å². The van der Waals surface area contributed by atoms with Gasteiger partial charge in [-0.3, -0.25) is 9.58 Å². The first-order valence-electron chi connectivity index (χ1n) is 9.71. The van der Waals surface area contributed by atoms with Gasteiger partial charge in [0.2, 0.25) is 5.95 Å². The largest absolute Gasteiger partial charge is 0.395 e. The van der Waals surface area contributed by atoms with Crippen LogP contribution in [0.3, 0.4) is 0 Å². The van der Waals surface area contributed by atoms with Crippen molar-refractivity contribution in [3.8, 4) is 0 Å². The fraction of sp³-hybridized carbons (Fsp3) is 0.450. The first kappa shape index (κ1) is 18.6. The molecule has 3 heterocycles. The summed E-state index contributed by atoms with van der Waals surface area (Å²) in [6.45, 7) is 7.21. The maximum Gasteiger partial charge on any atom is 0.229 e. The van der Waals surface area contributed by atoms with E-state index in [1.54, 1.807) is 4.68 Å². The number of anilines is 2. The molecule has 0 spiro atoms. The van der Waals surface area contributed by atoms with Crippen molar-refractivity contribution in [3.63, 3.8) is 0 Å². The number of hydrogen-bond donors (Lipinski definition) is 2. The summed E-state index contributed by atoms with van der Waals surface area (Å²) in [7, 11) is 1.90. The van der Waals surface area contributed by atoms with E-state index in [1.165, 1.54) is 11.1 Å². The minimum absolute atomic E-state index is 0.199. The van der Waals surface area contributed by atoms with Gasteiger partial charge in [0.05, 0.1) is 18.2 Å². The van der Waals surface area contributed by atoms with Crippen LogP contribution in [0.4, 0.5) is 11.8 Å². The molecule has 8 heteroatoms. The van der Waals surface area contributed by atoms with Crippen molar-refractivity contribution in [1.82, 2.24) is 24.6 Å². The van der Waals surface area contributed by atoms with Crippen LogP contribution in [0, 0.1) is 6.92 Å². The van der Waals surface area contributed by atoms with Crippen molar-refractivity contribution in [2.24, 2.45) is 7.05 Å². The number of aliphatic hydroxyl groups is 1. The topological polar surface area (TPSA) is 82.3 Å². The van der Waals surface area contributed by atoms with E-state index in [4.69, 9.17) is 15.1 Å². The maximum atomic E-state index is 9.13. The van der Waals surface area contributed by atoms with Gasteiger partial charge in [-0.25, -0.2) is 0 Å². The van der Waals surface area contributed by atoms with Crippen molar-refractivity contribution in [3.05, 3.63) is 41.6 Å². The molecule has 0 aliphatic carbocycles. The highest BCUT2D eigenvalue weighted by Crippen LogP contribution is 2.24. The van der Waals surface area contributed by atoms with E-state index in [1.807, 2.05) is 13.2 Å². The lowest BCUT2D eigenvalue weighted by molar-refractivity contribution is 0.188. The average Bonchev–Trinajstić information content (AvgIpc) is 3.09. The van der Waals surface area contributed by atoms with Crippen molar-refractivity contribution in [1.29, 1.82) is 0 Å². The minimum Gasteiger partial charge on any atom is -0.395 e. The highest BCUT2D eigenvalue weighted by atomic mass is 16.3. The highest BCUT2D eigenvalue weighted by molar-refractivity contribution is 5.87. The number of piperazine rings is 1. The third-order valence-electron chi connectivity index (χ3n) is 5.23. The van der Waals surface area contributed by atoms with Gasteiger partial charge in [-0.1, -0.05) is 29.8 Å². The Balaban J connectivity index is 1.56. The van der Waals surface area contributed by atoms with E-state index in [-0.39, 0.29) is 6.61 Å². The molecule has 4 rings (SSSR count). The van der Waals surface area contributed by atoms with Crippen LogP contribution in [0.2, 0.25) is 0 Å². The molecule has 0 unspecified atom stereocenters. The van der Waals surface area contributed by atoms with Gasteiger partial charge in [-0.15, -0.1) is 0 Å². The molecule has 3 aromatic rings. The predicted octanol–water partition coefficient (Wildman–Crippen LogP) is 1.40. The van der Waals surface area contributed by atoms with Gasteiger partial charge in [0, 0.05) is 46.3 Å². The van der Waals surface area contributed by atoms with Crippen LogP contribution in [0.5, 0.6) is 0 Å². The summed E-state index contributed by atoms with van der Waals surface area (Å²) in [6, 6.07) is 8.50. The standard InChI is InChI=1S/C20H27N7O/c1-15-3-5-16(6-4-15)13-21-18-17-14-22-25(2)19(17)24-20(23-18)27-9-7-26(8-10-27)11-12-28/h3-6,14,28H,7-13H2,1-2H3,(H,21,23,24). The zero-order valence-corrected chi connectivity index (χ0v) is 16.5. The predicted molar refractivity (Wildman–Crippen MR) is 111 cm³/mol. The van der Waals surface area contributed by atoms with Gasteiger partial charge in [-0.2, -0.15) is 15.1 Å². The summed E-state index contributed by atoms with van der Waals surface area (Å²) >= 11 is 0. The zero-order chi connectivity index (χ0) is 19.5. The fourth-order valence-electron chi connectivity index (χ4n) is 3.49. The molecule has 1 aromatic carbocycles. The van der Waals surface area contributed by atoms with Crippen LogP contribution in [-0.2, 0) is 13.6 Å². The normalized spacial score (nSPS) is 15.3. The van der Waals surface area contributed by atoms with Crippen LogP contribution in [0.15, 0.2) is 30.5 Å². The second-order valence-corrected chi connectivity index (χ2v) is 7.27. The van der Waals surface area contributed by atoms with Crippen molar-refractivity contribution < 1.29 is 5.11 Å². The van der Waals surface area contributed by atoms with Crippen LogP contribution in [-0.4, -0.2) is 69.1 Å². The van der Waals surface area contributed by atoms with E-state index < -0.39 is 0 Å². The Morgan fingerprint density at radius 1 is 1.07 bits per heavy atom. The summed E-state index contributed by atoms with van der Waals surface area (Å²) in [5.41, 5.74) is 3.29. The van der Waals surface area contributed by atoms with Gasteiger partial charge in [0.1, 0.15) is 5.82 Å². The van der Waals surface area contributed by atoms with E-state index in [0.29, 0.717) is 6.54 Å². The SMILES string of the molecule is Cc1ccc(CNc2nc(N3CCN(CCO)CC3)nc3c2cnn3C)cc1. The van der Waals surface area contributed by atoms with Crippen LogP contribution in [0.1, 0.15) is 11.1 Å². The molecule has 0 bridgehead atoms. The minimum atomic E-state index is 0.199. The second-order valence-electron chi connectivity index (χ2n) is 7.27. The molecule has 28 heavy (non-hydrogen) atoms. The van der Waals surface area contributed by atoms with Crippen LogP contribution >= 0.6 is 0 Å². The summed E-state index contributed by atoms with van der Waals surface area (Å²) in [4.78, 5) is 14.1. The Bertz CT molecular complexity index is 930. The Morgan fingerprint density at radius 3 is 2.54 bits per heavy atom. The van der Waals surface area contributed by atoms with E-state index in [9.17, 15) is 0 Å². The first-order valence-corrected chi connectivity index (χ1v) is 9.71. The molecule has 2 aromatic heterocycles. The highest BCUT2D eigenvalue weighted by Gasteiger charge is 2.21. The molecular weight excluding hydrogens is 354 g/mol. The molecule has 0 atom stereocenters. The number of rotatable bonds is 6. The molecule has 0 radical (unpaired) electrons. The molecule has 1 fully saturated rings. The number of benzene rings is 1. The monoisotopic (exact) mass is 381 g/mol. The van der Waals surface area contributed by atoms with Crippen LogP contribution in [0.25, 0.3) is 11.0 Å². The molecule has 148 valence electrons. The van der Waals surface area contributed by atoms with Crippen molar-refractivity contribution in [2.45, 2.75) is 13.5 Å². The smallest absolute Gasteiger partial charge is 0.229 e. The molecule has 0 amide bonds. The maximum absolute atomic E-state index is 9.13. The van der Waals surface area contributed by atoms with E-state index in [2.05, 4.69) is 51.4 Å². The fourth-order valence-corrected chi connectivity index (χ4v) is 3.49. The molecule has 8 nitrogen and oxygen atoms in total. The number of β-amino-alcohol motifs (C(OH)–C–C–N with tert-alkyl or cyclic N) is 1. The molecule has 1 saturated heterocycles. The number of fused-ring (bicyclic) bond motifs is 1.